The SMILES string of the molecule is CC[C@H]1OC(=O)[C@@](C)(F)C(=O)[C@H](C)C[C@](C)(OC/C=C/c2cnc3ccccc3c2)C[C@@H](C)C(=O)[C@H](C)[C@@H](N)[C@]1(C)OC=O. The molecule has 0 saturated carbocycles. The fourth-order valence-corrected chi connectivity index (χ4v) is 6.31. The number of nitrogens with zero attached hydrogens (tertiary/aromatic N) is 1. The lowest BCUT2D eigenvalue weighted by molar-refractivity contribution is -0.191. The lowest BCUT2D eigenvalue weighted by atomic mass is 9.74. The molecular formula is C34H45FN2O7. The molecule has 0 radical (unpaired) electrons. The Kier molecular flexibility index (Phi) is 11.2. The molecule has 1 fully saturated rings. The minimum absolute atomic E-state index is 0.0468. The summed E-state index contributed by atoms with van der Waals surface area (Å²) in [5, 5.41) is 0.994. The van der Waals surface area contributed by atoms with Gasteiger partial charge in [-0.05, 0) is 57.7 Å². The zero-order valence-electron chi connectivity index (χ0n) is 26.7. The lowest BCUT2D eigenvalue weighted by Crippen LogP contribution is -2.62. The molecule has 44 heavy (non-hydrogen) atoms. The molecule has 3 rings (SSSR count). The number of carbonyl (C=O) groups is 4. The number of halogens is 1. The second-order valence-corrected chi connectivity index (χ2v) is 12.6. The Balaban J connectivity index is 1.93. The standard InChI is InChI=1S/C34H45FN2O7/c1-8-27-34(7,43-20-38)29(36)23(4)28(39)21(2)17-32(5,18-22(3)30(40)33(6,35)31(41)44-27)42-15-11-12-24-16-25-13-9-10-14-26(25)37-19-24/h9-14,16,19-23,27,29H,8,15,17-18,36H2,1-7H3/b12-11+/t21-,22-,23+,27-,29-,32-,33+,34-/m1/s1. The number of esters is 1. The van der Waals surface area contributed by atoms with Gasteiger partial charge in [0.1, 0.15) is 11.9 Å². The van der Waals surface area contributed by atoms with Crippen molar-refractivity contribution in [2.75, 3.05) is 6.61 Å². The number of ether oxygens (including phenoxy) is 3. The minimum atomic E-state index is -2.99. The zero-order chi connectivity index (χ0) is 32.9. The number of aromatic nitrogens is 1. The van der Waals surface area contributed by atoms with Crippen molar-refractivity contribution in [2.24, 2.45) is 23.5 Å². The van der Waals surface area contributed by atoms with E-state index in [4.69, 9.17) is 19.9 Å². The molecule has 1 aliphatic rings. The van der Waals surface area contributed by atoms with Gasteiger partial charge < -0.3 is 19.9 Å². The zero-order valence-corrected chi connectivity index (χ0v) is 26.7. The van der Waals surface area contributed by atoms with Crippen molar-refractivity contribution in [1.29, 1.82) is 0 Å². The highest BCUT2D eigenvalue weighted by Gasteiger charge is 2.53. The second-order valence-electron chi connectivity index (χ2n) is 12.6. The van der Waals surface area contributed by atoms with Crippen LogP contribution in [0.1, 0.15) is 73.3 Å². The van der Waals surface area contributed by atoms with E-state index in [1.807, 2.05) is 42.5 Å². The number of alkyl halides is 1. The van der Waals surface area contributed by atoms with Gasteiger partial charge in [0.25, 0.3) is 12.1 Å². The molecule has 1 aromatic heterocycles. The van der Waals surface area contributed by atoms with Gasteiger partial charge in [0.15, 0.2) is 11.4 Å². The van der Waals surface area contributed by atoms with Gasteiger partial charge in [-0.25, -0.2) is 9.18 Å². The van der Waals surface area contributed by atoms with Crippen LogP contribution in [0.15, 0.2) is 42.6 Å². The predicted octanol–water partition coefficient (Wildman–Crippen LogP) is 5.17. The Labute approximate surface area is 258 Å². The van der Waals surface area contributed by atoms with Crippen LogP contribution in [0, 0.1) is 17.8 Å². The Hall–Kier alpha value is -3.50. The number of pyridine rings is 1. The molecule has 240 valence electrons. The number of nitrogens with two attached hydrogens (primary N) is 1. The molecule has 1 saturated heterocycles. The Morgan fingerprint density at radius 1 is 1.09 bits per heavy atom. The molecule has 0 aliphatic carbocycles. The van der Waals surface area contributed by atoms with E-state index in [-0.39, 0.29) is 38.1 Å². The summed E-state index contributed by atoms with van der Waals surface area (Å²) in [5.74, 6) is -4.97. The van der Waals surface area contributed by atoms with E-state index < -0.39 is 58.5 Å². The van der Waals surface area contributed by atoms with Gasteiger partial charge in [-0.3, -0.25) is 19.4 Å². The van der Waals surface area contributed by atoms with Gasteiger partial charge in [0.05, 0.1) is 23.8 Å². The quantitative estimate of drug-likeness (QED) is 0.255. The molecule has 1 aliphatic heterocycles. The average Bonchev–Trinajstić information content (AvgIpc) is 2.99. The number of hydrogen-bond acceptors (Lipinski definition) is 9. The van der Waals surface area contributed by atoms with Crippen LogP contribution in [-0.4, -0.2) is 64.6 Å². The molecule has 10 heteroatoms. The van der Waals surface area contributed by atoms with Gasteiger partial charge >= 0.3 is 5.97 Å². The normalized spacial score (nSPS) is 34.5. The number of Topliss-reactive ketones (excluding diaryl/α,β-unsaturated/α-hetero) is 2. The summed E-state index contributed by atoms with van der Waals surface area (Å²) in [6.07, 6.45) is 4.55. The van der Waals surface area contributed by atoms with Crippen molar-refractivity contribution in [3.8, 4) is 0 Å². The van der Waals surface area contributed by atoms with E-state index >= 15 is 4.39 Å². The number of ketones is 2. The van der Waals surface area contributed by atoms with Crippen LogP contribution < -0.4 is 5.73 Å². The topological polar surface area (TPSA) is 135 Å². The number of carbonyl (C=O) groups excluding carboxylic acids is 4. The highest BCUT2D eigenvalue weighted by atomic mass is 19.1. The van der Waals surface area contributed by atoms with Crippen molar-refractivity contribution in [2.45, 2.75) is 96.7 Å². The first-order valence-electron chi connectivity index (χ1n) is 15.1. The van der Waals surface area contributed by atoms with Gasteiger partial charge in [-0.15, -0.1) is 0 Å². The highest BCUT2D eigenvalue weighted by molar-refractivity contribution is 6.07. The molecule has 9 nitrogen and oxygen atoms in total. The van der Waals surface area contributed by atoms with Crippen LogP contribution in [0.3, 0.4) is 0 Å². The fraction of sp³-hybridized carbons (Fsp3) is 0.559. The monoisotopic (exact) mass is 612 g/mol. The maximum atomic E-state index is 15.9. The minimum Gasteiger partial charge on any atom is -0.456 e. The highest BCUT2D eigenvalue weighted by Crippen LogP contribution is 2.36. The van der Waals surface area contributed by atoms with E-state index in [1.54, 1.807) is 33.9 Å². The Bertz CT molecular complexity index is 1390. The molecule has 2 N–H and O–H groups in total. The summed E-state index contributed by atoms with van der Waals surface area (Å²) in [6, 6.07) is 8.66. The number of hydrogen-bond donors (Lipinski definition) is 1. The van der Waals surface area contributed by atoms with Gasteiger partial charge in [-0.2, -0.15) is 0 Å². The first-order chi connectivity index (χ1) is 20.6. The van der Waals surface area contributed by atoms with E-state index in [1.165, 1.54) is 13.8 Å². The molecular weight excluding hydrogens is 567 g/mol. The van der Waals surface area contributed by atoms with E-state index in [0.717, 1.165) is 23.4 Å². The van der Waals surface area contributed by atoms with Gasteiger partial charge in [-0.1, -0.05) is 58.0 Å². The van der Waals surface area contributed by atoms with Crippen LogP contribution in [0.4, 0.5) is 4.39 Å². The molecule has 8 atom stereocenters. The molecule has 0 unspecified atom stereocenters. The lowest BCUT2D eigenvalue weighted by Gasteiger charge is -2.43. The fourth-order valence-electron chi connectivity index (χ4n) is 6.31. The average molecular weight is 613 g/mol. The van der Waals surface area contributed by atoms with Crippen LogP contribution in [0.2, 0.25) is 0 Å². The predicted molar refractivity (Wildman–Crippen MR) is 165 cm³/mol. The number of cyclic esters (lactones) is 1. The Morgan fingerprint density at radius 3 is 2.41 bits per heavy atom. The van der Waals surface area contributed by atoms with E-state index in [0.29, 0.717) is 0 Å². The number of para-hydroxylation sites is 1. The molecule has 0 spiro atoms. The number of benzene rings is 1. The van der Waals surface area contributed by atoms with Crippen molar-refractivity contribution in [3.63, 3.8) is 0 Å². The van der Waals surface area contributed by atoms with Crippen molar-refractivity contribution < 1.29 is 37.8 Å². The molecule has 2 heterocycles. The van der Waals surface area contributed by atoms with Crippen molar-refractivity contribution in [1.82, 2.24) is 4.98 Å². The first kappa shape index (κ1) is 35.0. The van der Waals surface area contributed by atoms with Crippen LogP contribution in [0.25, 0.3) is 17.0 Å². The van der Waals surface area contributed by atoms with Crippen molar-refractivity contribution in [3.05, 3.63) is 48.2 Å². The third-order valence-corrected chi connectivity index (χ3v) is 8.92. The number of rotatable bonds is 7. The van der Waals surface area contributed by atoms with E-state index in [2.05, 4.69) is 4.98 Å². The third-order valence-electron chi connectivity index (χ3n) is 8.92. The summed E-state index contributed by atoms with van der Waals surface area (Å²) in [4.78, 5) is 56.1. The van der Waals surface area contributed by atoms with Crippen LogP contribution >= 0.6 is 0 Å². The van der Waals surface area contributed by atoms with Gasteiger partial charge in [0, 0.05) is 29.3 Å². The molecule has 2 aromatic rings. The summed E-state index contributed by atoms with van der Waals surface area (Å²) < 4.78 is 33.0. The summed E-state index contributed by atoms with van der Waals surface area (Å²) in [7, 11) is 0. The summed E-state index contributed by atoms with van der Waals surface area (Å²) in [6.45, 7) is 10.9. The molecule has 0 bridgehead atoms. The maximum absolute atomic E-state index is 15.9. The largest absolute Gasteiger partial charge is 0.456 e. The molecule has 0 amide bonds. The number of fused-ring (bicyclic) bond motifs is 1. The summed E-state index contributed by atoms with van der Waals surface area (Å²) in [5.41, 5.74) is 2.57. The van der Waals surface area contributed by atoms with E-state index in [9.17, 15) is 19.2 Å². The Morgan fingerprint density at radius 2 is 1.75 bits per heavy atom. The first-order valence-corrected chi connectivity index (χ1v) is 15.1. The summed E-state index contributed by atoms with van der Waals surface area (Å²) >= 11 is 0. The molecule has 1 aromatic carbocycles. The third kappa shape index (κ3) is 7.58. The van der Waals surface area contributed by atoms with Crippen molar-refractivity contribution >= 4 is 41.0 Å². The van der Waals surface area contributed by atoms with Crippen LogP contribution in [0.5, 0.6) is 0 Å². The smallest absolute Gasteiger partial charge is 0.351 e. The van der Waals surface area contributed by atoms with Crippen LogP contribution in [-0.2, 0) is 33.4 Å². The second kappa shape index (κ2) is 14.1. The van der Waals surface area contributed by atoms with Gasteiger partial charge in [0.2, 0.25) is 0 Å². The maximum Gasteiger partial charge on any atom is 0.351 e.